The Morgan fingerprint density at radius 2 is 1.67 bits per heavy atom. The van der Waals surface area contributed by atoms with Crippen molar-refractivity contribution in [2.75, 3.05) is 13.6 Å². The molecule has 6 nitrogen and oxygen atoms in total. The van der Waals surface area contributed by atoms with Gasteiger partial charge < -0.3 is 5.32 Å². The Bertz CT molecular complexity index is 868. The SMILES string of the molecule is CC(C(=O)NCCc1ccc(S(N)(=O)=O)cc1)N(C)Cc1ccc(Cl)cc1. The predicted molar refractivity (Wildman–Crippen MR) is 107 cm³/mol. The first-order valence-corrected chi connectivity index (χ1v) is 10.4. The lowest BCUT2D eigenvalue weighted by Crippen LogP contribution is -2.43. The van der Waals surface area contributed by atoms with Gasteiger partial charge in [0.15, 0.2) is 0 Å². The molecule has 2 rings (SSSR count). The lowest BCUT2D eigenvalue weighted by atomic mass is 10.1. The summed E-state index contributed by atoms with van der Waals surface area (Å²) in [6, 6.07) is 13.6. The molecule has 0 aliphatic carbocycles. The summed E-state index contributed by atoms with van der Waals surface area (Å²) >= 11 is 5.89. The number of hydrogen-bond acceptors (Lipinski definition) is 4. The lowest BCUT2D eigenvalue weighted by Gasteiger charge is -2.24. The van der Waals surface area contributed by atoms with Gasteiger partial charge in [0.05, 0.1) is 10.9 Å². The van der Waals surface area contributed by atoms with Crippen LogP contribution in [0.25, 0.3) is 0 Å². The monoisotopic (exact) mass is 409 g/mol. The van der Waals surface area contributed by atoms with Gasteiger partial charge in [-0.25, -0.2) is 13.6 Å². The highest BCUT2D eigenvalue weighted by molar-refractivity contribution is 7.89. The van der Waals surface area contributed by atoms with Gasteiger partial charge in [0.1, 0.15) is 0 Å². The molecule has 0 radical (unpaired) electrons. The van der Waals surface area contributed by atoms with E-state index in [0.29, 0.717) is 24.5 Å². The Morgan fingerprint density at radius 3 is 2.22 bits per heavy atom. The molecule has 1 amide bonds. The number of carbonyl (C=O) groups excluding carboxylic acids is 1. The highest BCUT2D eigenvalue weighted by Gasteiger charge is 2.17. The van der Waals surface area contributed by atoms with E-state index in [9.17, 15) is 13.2 Å². The first kappa shape index (κ1) is 21.4. The summed E-state index contributed by atoms with van der Waals surface area (Å²) in [7, 11) is -1.79. The number of nitrogens with two attached hydrogens (primary N) is 1. The van der Waals surface area contributed by atoms with Gasteiger partial charge in [-0.3, -0.25) is 9.69 Å². The minimum absolute atomic E-state index is 0.0624. The van der Waals surface area contributed by atoms with E-state index in [1.54, 1.807) is 12.1 Å². The molecule has 0 aromatic heterocycles. The van der Waals surface area contributed by atoms with Crippen LogP contribution in [0.2, 0.25) is 5.02 Å². The molecule has 8 heteroatoms. The van der Waals surface area contributed by atoms with Gasteiger partial charge in [0.25, 0.3) is 0 Å². The van der Waals surface area contributed by atoms with Crippen LogP contribution in [0.3, 0.4) is 0 Å². The Hall–Kier alpha value is -1.93. The van der Waals surface area contributed by atoms with Crippen LogP contribution in [0.15, 0.2) is 53.4 Å². The normalized spacial score (nSPS) is 12.8. The second kappa shape index (κ2) is 9.32. The number of sulfonamides is 1. The van der Waals surface area contributed by atoms with Gasteiger partial charge in [0.2, 0.25) is 15.9 Å². The topological polar surface area (TPSA) is 92.5 Å². The molecule has 27 heavy (non-hydrogen) atoms. The van der Waals surface area contributed by atoms with Crippen molar-refractivity contribution in [3.63, 3.8) is 0 Å². The van der Waals surface area contributed by atoms with Gasteiger partial charge in [-0.1, -0.05) is 35.9 Å². The smallest absolute Gasteiger partial charge is 0.238 e. The molecule has 3 N–H and O–H groups in total. The zero-order valence-electron chi connectivity index (χ0n) is 15.4. The third-order valence-corrected chi connectivity index (χ3v) is 5.53. The molecular weight excluding hydrogens is 386 g/mol. The number of likely N-dealkylation sites (N-methyl/N-ethyl adjacent to an activating group) is 1. The summed E-state index contributed by atoms with van der Waals surface area (Å²) in [6.45, 7) is 2.96. The van der Waals surface area contributed by atoms with Crippen LogP contribution in [0.4, 0.5) is 0 Å². The quantitative estimate of drug-likeness (QED) is 0.698. The summed E-state index contributed by atoms with van der Waals surface area (Å²) in [5, 5.41) is 8.67. The number of amides is 1. The number of hydrogen-bond donors (Lipinski definition) is 2. The van der Waals surface area contributed by atoms with E-state index in [4.69, 9.17) is 16.7 Å². The summed E-state index contributed by atoms with van der Waals surface area (Å²) in [4.78, 5) is 14.4. The van der Waals surface area contributed by atoms with Crippen molar-refractivity contribution in [2.24, 2.45) is 5.14 Å². The fraction of sp³-hybridized carbons (Fsp3) is 0.316. The molecule has 146 valence electrons. The number of nitrogens with one attached hydrogen (secondary N) is 1. The molecule has 0 spiro atoms. The summed E-state index contributed by atoms with van der Waals surface area (Å²) < 4.78 is 22.5. The van der Waals surface area contributed by atoms with Crippen LogP contribution >= 0.6 is 11.6 Å². The van der Waals surface area contributed by atoms with E-state index in [2.05, 4.69) is 5.32 Å². The molecule has 1 atom stereocenters. The van der Waals surface area contributed by atoms with Crippen LogP contribution in [-0.4, -0.2) is 38.9 Å². The van der Waals surface area contributed by atoms with Crippen molar-refractivity contribution >= 4 is 27.5 Å². The lowest BCUT2D eigenvalue weighted by molar-refractivity contribution is -0.125. The van der Waals surface area contributed by atoms with Crippen molar-refractivity contribution in [1.29, 1.82) is 0 Å². The summed E-state index contributed by atoms with van der Waals surface area (Å²) in [5.41, 5.74) is 2.00. The third-order valence-electron chi connectivity index (χ3n) is 4.35. The zero-order valence-corrected chi connectivity index (χ0v) is 16.9. The summed E-state index contributed by atoms with van der Waals surface area (Å²) in [6.07, 6.45) is 0.601. The Balaban J connectivity index is 1.81. The van der Waals surface area contributed by atoms with E-state index in [1.807, 2.05) is 43.1 Å². The second-order valence-corrected chi connectivity index (χ2v) is 8.45. The van der Waals surface area contributed by atoms with Crippen molar-refractivity contribution in [3.05, 3.63) is 64.7 Å². The molecule has 0 fully saturated rings. The van der Waals surface area contributed by atoms with Crippen LogP contribution in [0.5, 0.6) is 0 Å². The molecule has 0 saturated heterocycles. The van der Waals surface area contributed by atoms with E-state index < -0.39 is 10.0 Å². The number of primary sulfonamides is 1. The Labute approximate surface area is 165 Å². The number of halogens is 1. The molecule has 0 heterocycles. The van der Waals surface area contributed by atoms with Gasteiger partial charge in [-0.15, -0.1) is 0 Å². The number of rotatable bonds is 8. The van der Waals surface area contributed by atoms with Crippen molar-refractivity contribution < 1.29 is 13.2 Å². The molecular formula is C19H24ClN3O3S. The Kier molecular flexibility index (Phi) is 7.38. The fourth-order valence-corrected chi connectivity index (χ4v) is 3.18. The second-order valence-electron chi connectivity index (χ2n) is 6.45. The van der Waals surface area contributed by atoms with Crippen LogP contribution in [0.1, 0.15) is 18.1 Å². The zero-order chi connectivity index (χ0) is 20.0. The van der Waals surface area contributed by atoms with Crippen LogP contribution < -0.4 is 10.5 Å². The number of nitrogens with zero attached hydrogens (tertiary/aromatic N) is 1. The highest BCUT2D eigenvalue weighted by Crippen LogP contribution is 2.12. The average Bonchev–Trinajstić information content (AvgIpc) is 2.62. The van der Waals surface area contributed by atoms with E-state index in [-0.39, 0.29) is 16.8 Å². The average molecular weight is 410 g/mol. The molecule has 0 bridgehead atoms. The van der Waals surface area contributed by atoms with Crippen molar-refractivity contribution in [3.8, 4) is 0 Å². The van der Waals surface area contributed by atoms with Crippen LogP contribution in [0, 0.1) is 0 Å². The highest BCUT2D eigenvalue weighted by atomic mass is 35.5. The van der Waals surface area contributed by atoms with E-state index in [0.717, 1.165) is 11.1 Å². The standard InChI is InChI=1S/C19H24ClN3O3S/c1-14(23(2)13-16-3-7-17(20)8-4-16)19(24)22-12-11-15-5-9-18(10-6-15)27(21,25)26/h3-10,14H,11-13H2,1-2H3,(H,22,24)(H2,21,25,26). The van der Waals surface area contributed by atoms with Gasteiger partial charge >= 0.3 is 0 Å². The van der Waals surface area contributed by atoms with Crippen molar-refractivity contribution in [2.45, 2.75) is 30.8 Å². The first-order valence-electron chi connectivity index (χ1n) is 8.51. The van der Waals surface area contributed by atoms with Crippen LogP contribution in [-0.2, 0) is 27.8 Å². The summed E-state index contributed by atoms with van der Waals surface area (Å²) in [5.74, 6) is -0.0624. The molecule has 2 aromatic carbocycles. The maximum absolute atomic E-state index is 12.3. The first-order chi connectivity index (χ1) is 12.7. The molecule has 1 unspecified atom stereocenters. The van der Waals surface area contributed by atoms with E-state index >= 15 is 0 Å². The fourth-order valence-electron chi connectivity index (χ4n) is 2.54. The third kappa shape index (κ3) is 6.62. The number of benzene rings is 2. The maximum Gasteiger partial charge on any atom is 0.238 e. The Morgan fingerprint density at radius 1 is 1.11 bits per heavy atom. The van der Waals surface area contributed by atoms with Crippen molar-refractivity contribution in [1.82, 2.24) is 10.2 Å². The molecule has 2 aromatic rings. The van der Waals surface area contributed by atoms with Gasteiger partial charge in [-0.2, -0.15) is 0 Å². The maximum atomic E-state index is 12.3. The minimum Gasteiger partial charge on any atom is -0.354 e. The van der Waals surface area contributed by atoms with Gasteiger partial charge in [-0.05, 0) is 55.8 Å². The number of carbonyl (C=O) groups is 1. The largest absolute Gasteiger partial charge is 0.354 e. The predicted octanol–water partition coefficient (Wildman–Crippen LogP) is 2.17. The molecule has 0 aliphatic heterocycles. The molecule has 0 aliphatic rings. The molecule has 0 saturated carbocycles. The van der Waals surface area contributed by atoms with Gasteiger partial charge in [0, 0.05) is 18.1 Å². The van der Waals surface area contributed by atoms with E-state index in [1.165, 1.54) is 12.1 Å². The minimum atomic E-state index is -3.69.